The Morgan fingerprint density at radius 2 is 2.24 bits per heavy atom. The third-order valence-corrected chi connectivity index (χ3v) is 3.78. The summed E-state index contributed by atoms with van der Waals surface area (Å²) in [6, 6.07) is 8.75. The van der Waals surface area contributed by atoms with Crippen molar-refractivity contribution in [2.24, 2.45) is 0 Å². The van der Waals surface area contributed by atoms with Gasteiger partial charge < -0.3 is 10.5 Å². The number of methoxy groups -OCH3 is 1. The number of rotatable bonds is 3. The number of hydrogen-bond donors (Lipinski definition) is 2. The Hall–Kier alpha value is -2.67. The zero-order chi connectivity index (χ0) is 14.8. The molecule has 1 amide bonds. The highest BCUT2D eigenvalue weighted by Gasteiger charge is 2.15. The Bertz CT molecular complexity index is 816. The molecule has 0 atom stereocenters. The molecule has 7 heteroatoms. The number of nitrogens with one attached hydrogen (secondary N) is 1. The first-order valence-electron chi connectivity index (χ1n) is 6.14. The number of fused-ring (bicyclic) bond motifs is 1. The SMILES string of the molecule is COc1ncccc1C(=O)Nc1nc2ccc(N)cc2s1. The van der Waals surface area contributed by atoms with Crippen molar-refractivity contribution in [1.29, 1.82) is 0 Å². The van der Waals surface area contributed by atoms with Crippen LogP contribution in [0.2, 0.25) is 0 Å². The maximum absolute atomic E-state index is 12.2. The molecular weight excluding hydrogens is 288 g/mol. The summed E-state index contributed by atoms with van der Waals surface area (Å²) < 4.78 is 5.99. The Morgan fingerprint density at radius 3 is 3.05 bits per heavy atom. The summed E-state index contributed by atoms with van der Waals surface area (Å²) in [4.78, 5) is 20.6. The third-order valence-electron chi connectivity index (χ3n) is 2.84. The number of benzene rings is 1. The van der Waals surface area contributed by atoms with Crippen molar-refractivity contribution in [1.82, 2.24) is 9.97 Å². The quantitative estimate of drug-likeness (QED) is 0.725. The van der Waals surface area contributed by atoms with E-state index >= 15 is 0 Å². The largest absolute Gasteiger partial charge is 0.480 e. The van der Waals surface area contributed by atoms with E-state index in [9.17, 15) is 4.79 Å². The molecule has 0 spiro atoms. The Labute approximate surface area is 124 Å². The summed E-state index contributed by atoms with van der Waals surface area (Å²) >= 11 is 1.36. The molecular formula is C14H12N4O2S. The number of anilines is 2. The molecule has 0 bridgehead atoms. The highest BCUT2D eigenvalue weighted by molar-refractivity contribution is 7.22. The van der Waals surface area contributed by atoms with E-state index in [-0.39, 0.29) is 11.8 Å². The maximum Gasteiger partial charge on any atom is 0.262 e. The fraction of sp³-hybridized carbons (Fsp3) is 0.0714. The van der Waals surface area contributed by atoms with Crippen LogP contribution in [0, 0.1) is 0 Å². The molecule has 0 aliphatic carbocycles. The average Bonchev–Trinajstić information content (AvgIpc) is 2.88. The molecule has 21 heavy (non-hydrogen) atoms. The predicted octanol–water partition coefficient (Wildman–Crippen LogP) is 2.53. The highest BCUT2D eigenvalue weighted by atomic mass is 32.1. The summed E-state index contributed by atoms with van der Waals surface area (Å²) in [5, 5.41) is 3.26. The van der Waals surface area contributed by atoms with Crippen molar-refractivity contribution in [3.63, 3.8) is 0 Å². The van der Waals surface area contributed by atoms with Crippen LogP contribution >= 0.6 is 11.3 Å². The van der Waals surface area contributed by atoms with Crippen LogP contribution in [0.25, 0.3) is 10.2 Å². The summed E-state index contributed by atoms with van der Waals surface area (Å²) in [6.45, 7) is 0. The van der Waals surface area contributed by atoms with E-state index in [1.54, 1.807) is 24.4 Å². The Balaban J connectivity index is 1.89. The molecule has 0 aliphatic rings. The smallest absolute Gasteiger partial charge is 0.262 e. The van der Waals surface area contributed by atoms with E-state index in [4.69, 9.17) is 10.5 Å². The predicted molar refractivity (Wildman–Crippen MR) is 82.8 cm³/mol. The molecule has 3 N–H and O–H groups in total. The van der Waals surface area contributed by atoms with E-state index in [1.165, 1.54) is 18.4 Å². The summed E-state index contributed by atoms with van der Waals surface area (Å²) in [7, 11) is 1.47. The molecule has 6 nitrogen and oxygen atoms in total. The van der Waals surface area contributed by atoms with Gasteiger partial charge in [0.05, 0.1) is 17.3 Å². The van der Waals surface area contributed by atoms with E-state index in [0.717, 1.165) is 10.2 Å². The number of hydrogen-bond acceptors (Lipinski definition) is 6. The third kappa shape index (κ3) is 2.63. The first kappa shape index (κ1) is 13.3. The van der Waals surface area contributed by atoms with E-state index in [0.29, 0.717) is 16.4 Å². The first-order valence-corrected chi connectivity index (χ1v) is 6.95. The number of nitrogens with zero attached hydrogens (tertiary/aromatic N) is 2. The van der Waals surface area contributed by atoms with Gasteiger partial charge in [0, 0.05) is 11.9 Å². The highest BCUT2D eigenvalue weighted by Crippen LogP contribution is 2.28. The van der Waals surface area contributed by atoms with Gasteiger partial charge in [-0.2, -0.15) is 0 Å². The summed E-state index contributed by atoms with van der Waals surface area (Å²) in [6.07, 6.45) is 1.57. The second kappa shape index (κ2) is 5.37. The molecule has 0 saturated heterocycles. The number of amides is 1. The Kier molecular flexibility index (Phi) is 3.41. The second-order valence-corrected chi connectivity index (χ2v) is 5.29. The van der Waals surface area contributed by atoms with Gasteiger partial charge in [-0.15, -0.1) is 0 Å². The van der Waals surface area contributed by atoms with Gasteiger partial charge in [-0.1, -0.05) is 11.3 Å². The van der Waals surface area contributed by atoms with Gasteiger partial charge in [-0.05, 0) is 30.3 Å². The van der Waals surface area contributed by atoms with Gasteiger partial charge in [-0.25, -0.2) is 9.97 Å². The van der Waals surface area contributed by atoms with Crippen LogP contribution < -0.4 is 15.8 Å². The minimum Gasteiger partial charge on any atom is -0.480 e. The van der Waals surface area contributed by atoms with Gasteiger partial charge in [-0.3, -0.25) is 10.1 Å². The second-order valence-electron chi connectivity index (χ2n) is 4.26. The van der Waals surface area contributed by atoms with Crippen LogP contribution in [0.1, 0.15) is 10.4 Å². The monoisotopic (exact) mass is 300 g/mol. The average molecular weight is 300 g/mol. The number of aromatic nitrogens is 2. The molecule has 2 aromatic heterocycles. The van der Waals surface area contributed by atoms with Crippen LogP contribution in [-0.2, 0) is 0 Å². The number of nitrogens with two attached hydrogens (primary N) is 1. The zero-order valence-electron chi connectivity index (χ0n) is 11.2. The molecule has 1 aromatic carbocycles. The molecule has 0 radical (unpaired) electrons. The lowest BCUT2D eigenvalue weighted by Crippen LogP contribution is -2.13. The van der Waals surface area contributed by atoms with Crippen molar-refractivity contribution in [2.75, 3.05) is 18.2 Å². The Morgan fingerprint density at radius 1 is 1.38 bits per heavy atom. The number of nitrogen functional groups attached to an aromatic ring is 1. The lowest BCUT2D eigenvalue weighted by Gasteiger charge is -2.05. The maximum atomic E-state index is 12.2. The van der Waals surface area contributed by atoms with Gasteiger partial charge in [0.15, 0.2) is 5.13 Å². The molecule has 0 aliphatic heterocycles. The molecule has 3 aromatic rings. The number of ether oxygens (including phenoxy) is 1. The minimum absolute atomic E-state index is 0.278. The van der Waals surface area contributed by atoms with Gasteiger partial charge in [0.2, 0.25) is 5.88 Å². The zero-order valence-corrected chi connectivity index (χ0v) is 12.0. The van der Waals surface area contributed by atoms with E-state index in [2.05, 4.69) is 15.3 Å². The van der Waals surface area contributed by atoms with E-state index in [1.807, 2.05) is 12.1 Å². The molecule has 0 saturated carbocycles. The number of carbonyl (C=O) groups is 1. The molecule has 0 fully saturated rings. The van der Waals surface area contributed by atoms with Crippen LogP contribution in [-0.4, -0.2) is 23.0 Å². The lowest BCUT2D eigenvalue weighted by atomic mass is 10.2. The van der Waals surface area contributed by atoms with Crippen LogP contribution in [0.15, 0.2) is 36.5 Å². The fourth-order valence-electron chi connectivity index (χ4n) is 1.89. The summed E-state index contributed by atoms with van der Waals surface area (Å²) in [5.74, 6) is -0.0349. The number of thiazole rings is 1. The topological polar surface area (TPSA) is 90.1 Å². The van der Waals surface area contributed by atoms with Gasteiger partial charge in [0.1, 0.15) is 5.56 Å². The van der Waals surface area contributed by atoms with Crippen molar-refractivity contribution in [3.05, 3.63) is 42.1 Å². The molecule has 106 valence electrons. The molecule has 2 heterocycles. The van der Waals surface area contributed by atoms with E-state index < -0.39 is 0 Å². The summed E-state index contributed by atoms with van der Waals surface area (Å²) in [5.41, 5.74) is 7.55. The molecule has 3 rings (SSSR count). The van der Waals surface area contributed by atoms with Gasteiger partial charge >= 0.3 is 0 Å². The molecule has 0 unspecified atom stereocenters. The van der Waals surface area contributed by atoms with Gasteiger partial charge in [0.25, 0.3) is 5.91 Å². The normalized spacial score (nSPS) is 10.5. The van der Waals surface area contributed by atoms with Crippen molar-refractivity contribution in [2.45, 2.75) is 0 Å². The standard InChI is InChI=1S/C14H12N4O2S/c1-20-13-9(3-2-6-16-13)12(19)18-14-17-10-5-4-8(15)7-11(10)21-14/h2-7H,15H2,1H3,(H,17,18,19). The van der Waals surface area contributed by atoms with Crippen LogP contribution in [0.5, 0.6) is 5.88 Å². The van der Waals surface area contributed by atoms with Crippen molar-refractivity contribution < 1.29 is 9.53 Å². The first-order chi connectivity index (χ1) is 10.2. The lowest BCUT2D eigenvalue weighted by molar-refractivity contribution is 0.102. The fourth-order valence-corrected chi connectivity index (χ4v) is 2.79. The van der Waals surface area contributed by atoms with Crippen LogP contribution in [0.4, 0.5) is 10.8 Å². The van der Waals surface area contributed by atoms with Crippen molar-refractivity contribution >= 4 is 38.3 Å². The minimum atomic E-state index is -0.313. The van der Waals surface area contributed by atoms with Crippen LogP contribution in [0.3, 0.4) is 0 Å². The number of carbonyl (C=O) groups excluding carboxylic acids is 1. The number of pyridine rings is 1. The van der Waals surface area contributed by atoms with Crippen molar-refractivity contribution in [3.8, 4) is 5.88 Å².